The van der Waals surface area contributed by atoms with E-state index in [9.17, 15) is 0 Å². The number of fused-ring (bicyclic) bond motifs is 1. The van der Waals surface area contributed by atoms with E-state index in [0.717, 1.165) is 22.9 Å². The fraction of sp³-hybridized carbons (Fsp3) is 0.294. The molecule has 0 bridgehead atoms. The summed E-state index contributed by atoms with van der Waals surface area (Å²) < 4.78 is 5.29. The summed E-state index contributed by atoms with van der Waals surface area (Å²) in [6.07, 6.45) is 1.03. The number of thioether (sulfide) groups is 1. The number of ether oxygens (including phenoxy) is 1. The Kier molecular flexibility index (Phi) is 4.43. The molecule has 0 radical (unpaired) electrons. The number of halogens is 1. The smallest absolute Gasteiger partial charge is 0.119 e. The molecular formula is C17H18ClNOS. The van der Waals surface area contributed by atoms with E-state index in [4.69, 9.17) is 22.1 Å². The molecule has 0 aliphatic heterocycles. The minimum atomic E-state index is 0.0763. The fourth-order valence-electron chi connectivity index (χ4n) is 2.69. The largest absolute Gasteiger partial charge is 0.497 e. The SMILES string of the molecule is COc1ccc2c(c1)C(N)C(SCc1ccc(Cl)cc1)C2. The van der Waals surface area contributed by atoms with Gasteiger partial charge in [-0.2, -0.15) is 11.8 Å². The van der Waals surface area contributed by atoms with E-state index in [1.165, 1.54) is 16.7 Å². The summed E-state index contributed by atoms with van der Waals surface area (Å²) >= 11 is 7.83. The summed E-state index contributed by atoms with van der Waals surface area (Å²) in [5, 5.41) is 1.20. The van der Waals surface area contributed by atoms with E-state index in [2.05, 4.69) is 24.3 Å². The third-order valence-corrected chi connectivity index (χ3v) is 5.55. The van der Waals surface area contributed by atoms with E-state index in [1.54, 1.807) is 7.11 Å². The lowest BCUT2D eigenvalue weighted by Gasteiger charge is -2.15. The van der Waals surface area contributed by atoms with Gasteiger partial charge in [-0.1, -0.05) is 29.8 Å². The van der Waals surface area contributed by atoms with Crippen molar-refractivity contribution < 1.29 is 4.74 Å². The lowest BCUT2D eigenvalue weighted by molar-refractivity contribution is 0.414. The maximum atomic E-state index is 6.40. The van der Waals surface area contributed by atoms with Crippen LogP contribution in [0.5, 0.6) is 5.75 Å². The molecule has 1 aliphatic carbocycles. The minimum Gasteiger partial charge on any atom is -0.497 e. The molecule has 0 amide bonds. The molecule has 1 aliphatic rings. The summed E-state index contributed by atoms with van der Waals surface area (Å²) in [5.74, 6) is 1.84. The number of nitrogens with two attached hydrogens (primary N) is 1. The molecule has 3 rings (SSSR count). The third-order valence-electron chi connectivity index (χ3n) is 3.91. The zero-order valence-corrected chi connectivity index (χ0v) is 13.5. The molecule has 0 saturated heterocycles. The van der Waals surface area contributed by atoms with Crippen LogP contribution >= 0.6 is 23.4 Å². The number of rotatable bonds is 4. The zero-order valence-electron chi connectivity index (χ0n) is 11.9. The van der Waals surface area contributed by atoms with Gasteiger partial charge >= 0.3 is 0 Å². The Morgan fingerprint density at radius 1 is 1.24 bits per heavy atom. The van der Waals surface area contributed by atoms with Gasteiger partial charge < -0.3 is 10.5 Å². The molecule has 0 heterocycles. The molecule has 0 spiro atoms. The van der Waals surface area contributed by atoms with Crippen LogP contribution in [-0.2, 0) is 12.2 Å². The quantitative estimate of drug-likeness (QED) is 0.917. The van der Waals surface area contributed by atoms with Crippen LogP contribution in [0.4, 0.5) is 0 Å². The monoisotopic (exact) mass is 319 g/mol. The van der Waals surface area contributed by atoms with Gasteiger partial charge in [0, 0.05) is 22.1 Å². The molecule has 2 nitrogen and oxygen atoms in total. The molecule has 0 fully saturated rings. The highest BCUT2D eigenvalue weighted by atomic mass is 35.5. The maximum Gasteiger partial charge on any atom is 0.119 e. The predicted molar refractivity (Wildman–Crippen MR) is 90.2 cm³/mol. The Morgan fingerprint density at radius 2 is 2.00 bits per heavy atom. The molecule has 2 unspecified atom stereocenters. The first kappa shape index (κ1) is 14.8. The highest BCUT2D eigenvalue weighted by Crippen LogP contribution is 2.39. The van der Waals surface area contributed by atoms with E-state index in [1.807, 2.05) is 30.0 Å². The van der Waals surface area contributed by atoms with Crippen LogP contribution in [-0.4, -0.2) is 12.4 Å². The van der Waals surface area contributed by atoms with Gasteiger partial charge in [-0.3, -0.25) is 0 Å². The van der Waals surface area contributed by atoms with Gasteiger partial charge in [-0.15, -0.1) is 0 Å². The highest BCUT2D eigenvalue weighted by Gasteiger charge is 2.30. The molecule has 0 saturated carbocycles. The molecule has 2 aromatic carbocycles. The van der Waals surface area contributed by atoms with Crippen molar-refractivity contribution in [2.45, 2.75) is 23.5 Å². The van der Waals surface area contributed by atoms with Crippen molar-refractivity contribution in [1.29, 1.82) is 0 Å². The molecule has 4 heteroatoms. The lowest BCUT2D eigenvalue weighted by Crippen LogP contribution is -2.19. The van der Waals surface area contributed by atoms with Crippen LogP contribution in [0, 0.1) is 0 Å². The Bertz CT molecular complexity index is 629. The van der Waals surface area contributed by atoms with Crippen LogP contribution in [0.25, 0.3) is 0 Å². The first-order chi connectivity index (χ1) is 10.2. The van der Waals surface area contributed by atoms with Crippen molar-refractivity contribution in [3.8, 4) is 5.75 Å². The molecule has 0 aromatic heterocycles. The van der Waals surface area contributed by atoms with Crippen molar-refractivity contribution in [1.82, 2.24) is 0 Å². The minimum absolute atomic E-state index is 0.0763. The molecule has 21 heavy (non-hydrogen) atoms. The van der Waals surface area contributed by atoms with Crippen molar-refractivity contribution in [2.24, 2.45) is 5.73 Å². The predicted octanol–water partition coefficient (Wildman–Crippen LogP) is 4.21. The molecular weight excluding hydrogens is 302 g/mol. The molecule has 2 atom stereocenters. The van der Waals surface area contributed by atoms with Gasteiger partial charge in [0.2, 0.25) is 0 Å². The molecule has 110 valence electrons. The first-order valence-corrected chi connectivity index (χ1v) is 8.38. The average Bonchev–Trinajstić information content (AvgIpc) is 2.82. The van der Waals surface area contributed by atoms with Crippen molar-refractivity contribution in [2.75, 3.05) is 7.11 Å². The first-order valence-electron chi connectivity index (χ1n) is 6.96. The Morgan fingerprint density at radius 3 is 2.71 bits per heavy atom. The summed E-state index contributed by atoms with van der Waals surface area (Å²) in [4.78, 5) is 0. The standard InChI is InChI=1S/C17H18ClNOS/c1-20-14-7-4-12-8-16(17(19)15(12)9-14)21-10-11-2-5-13(18)6-3-11/h2-7,9,16-17H,8,10,19H2,1H3. The lowest BCUT2D eigenvalue weighted by atomic mass is 10.1. The van der Waals surface area contributed by atoms with Crippen molar-refractivity contribution >= 4 is 23.4 Å². The molecule has 2 aromatic rings. The topological polar surface area (TPSA) is 35.2 Å². The second-order valence-electron chi connectivity index (χ2n) is 5.27. The fourth-order valence-corrected chi connectivity index (χ4v) is 4.06. The number of hydrogen-bond donors (Lipinski definition) is 1. The van der Waals surface area contributed by atoms with E-state index < -0.39 is 0 Å². The Balaban J connectivity index is 1.67. The molecule has 2 N–H and O–H groups in total. The van der Waals surface area contributed by atoms with Crippen LogP contribution in [0.3, 0.4) is 0 Å². The van der Waals surface area contributed by atoms with Gasteiger partial charge in [-0.05, 0) is 47.4 Å². The van der Waals surface area contributed by atoms with E-state index in [-0.39, 0.29) is 6.04 Å². The van der Waals surface area contributed by atoms with Crippen LogP contribution in [0.1, 0.15) is 22.7 Å². The van der Waals surface area contributed by atoms with E-state index >= 15 is 0 Å². The zero-order chi connectivity index (χ0) is 14.8. The highest BCUT2D eigenvalue weighted by molar-refractivity contribution is 7.99. The number of methoxy groups -OCH3 is 1. The third kappa shape index (κ3) is 3.20. The summed E-state index contributed by atoms with van der Waals surface area (Å²) in [6.45, 7) is 0. The summed E-state index contributed by atoms with van der Waals surface area (Å²) in [5.41, 5.74) is 10.3. The van der Waals surface area contributed by atoms with Gasteiger partial charge in [0.05, 0.1) is 7.11 Å². The van der Waals surface area contributed by atoms with Gasteiger partial charge in [0.25, 0.3) is 0 Å². The number of benzene rings is 2. The Labute approximate surface area is 134 Å². The second kappa shape index (κ2) is 6.30. The summed E-state index contributed by atoms with van der Waals surface area (Å²) in [6, 6.07) is 14.3. The van der Waals surface area contributed by atoms with Crippen LogP contribution in [0.2, 0.25) is 5.02 Å². The van der Waals surface area contributed by atoms with E-state index in [0.29, 0.717) is 5.25 Å². The number of hydrogen-bond acceptors (Lipinski definition) is 3. The van der Waals surface area contributed by atoms with Gasteiger partial charge in [0.1, 0.15) is 5.75 Å². The van der Waals surface area contributed by atoms with Crippen molar-refractivity contribution in [3.05, 3.63) is 64.2 Å². The van der Waals surface area contributed by atoms with Crippen LogP contribution in [0.15, 0.2) is 42.5 Å². The second-order valence-corrected chi connectivity index (χ2v) is 6.93. The van der Waals surface area contributed by atoms with Gasteiger partial charge in [-0.25, -0.2) is 0 Å². The Hall–Kier alpha value is -1.16. The van der Waals surface area contributed by atoms with Crippen molar-refractivity contribution in [3.63, 3.8) is 0 Å². The summed E-state index contributed by atoms with van der Waals surface area (Å²) in [7, 11) is 1.69. The normalized spacial score (nSPS) is 20.3. The van der Waals surface area contributed by atoms with Crippen LogP contribution < -0.4 is 10.5 Å². The average molecular weight is 320 g/mol. The van der Waals surface area contributed by atoms with Gasteiger partial charge in [0.15, 0.2) is 0 Å². The maximum absolute atomic E-state index is 6.40.